The molecule has 0 saturated heterocycles. The molecule has 0 radical (unpaired) electrons. The van der Waals surface area contributed by atoms with E-state index >= 15 is 0 Å². The standard InChI is InChI=1S/C11H11FN2/c1-9-4-2-5-11(12)10(9)8-14-7-3-6-13-14/h2-7H,8H2,1H3. The minimum atomic E-state index is -0.166. The van der Waals surface area contributed by atoms with Crippen LogP contribution in [-0.2, 0) is 6.54 Å². The first kappa shape index (κ1) is 8.94. The van der Waals surface area contributed by atoms with Crippen LogP contribution in [0.25, 0.3) is 0 Å². The van der Waals surface area contributed by atoms with Gasteiger partial charge in [-0.3, -0.25) is 4.68 Å². The molecular formula is C11H11FN2. The Balaban J connectivity index is 2.33. The molecule has 2 aromatic rings. The molecule has 0 bridgehead atoms. The zero-order chi connectivity index (χ0) is 9.97. The number of nitrogens with zero attached hydrogens (tertiary/aromatic N) is 2. The second kappa shape index (κ2) is 3.62. The Bertz CT molecular complexity index is 401. The van der Waals surface area contributed by atoms with Crippen molar-refractivity contribution >= 4 is 0 Å². The van der Waals surface area contributed by atoms with Gasteiger partial charge in [0.15, 0.2) is 0 Å². The van der Waals surface area contributed by atoms with E-state index in [0.717, 1.165) is 5.56 Å². The van der Waals surface area contributed by atoms with Crippen molar-refractivity contribution in [3.8, 4) is 0 Å². The fourth-order valence-electron chi connectivity index (χ4n) is 1.42. The molecule has 1 heterocycles. The van der Waals surface area contributed by atoms with Gasteiger partial charge >= 0.3 is 0 Å². The van der Waals surface area contributed by atoms with E-state index in [1.807, 2.05) is 25.3 Å². The zero-order valence-corrected chi connectivity index (χ0v) is 7.94. The first-order chi connectivity index (χ1) is 6.77. The number of hydrogen-bond donors (Lipinski definition) is 0. The van der Waals surface area contributed by atoms with Crippen molar-refractivity contribution < 1.29 is 4.39 Å². The highest BCUT2D eigenvalue weighted by Crippen LogP contribution is 2.13. The van der Waals surface area contributed by atoms with E-state index in [0.29, 0.717) is 12.1 Å². The maximum absolute atomic E-state index is 13.4. The van der Waals surface area contributed by atoms with Crippen molar-refractivity contribution in [2.75, 3.05) is 0 Å². The molecule has 0 aliphatic rings. The second-order valence-corrected chi connectivity index (χ2v) is 3.24. The summed E-state index contributed by atoms with van der Waals surface area (Å²) in [7, 11) is 0. The molecule has 0 saturated carbocycles. The van der Waals surface area contributed by atoms with Gasteiger partial charge in [0.25, 0.3) is 0 Å². The predicted molar refractivity (Wildman–Crippen MR) is 52.5 cm³/mol. The van der Waals surface area contributed by atoms with E-state index in [9.17, 15) is 4.39 Å². The monoisotopic (exact) mass is 190 g/mol. The lowest BCUT2D eigenvalue weighted by molar-refractivity contribution is 0.582. The van der Waals surface area contributed by atoms with Gasteiger partial charge in [-0.2, -0.15) is 5.10 Å². The number of rotatable bonds is 2. The van der Waals surface area contributed by atoms with Crippen molar-refractivity contribution in [3.05, 3.63) is 53.6 Å². The normalized spacial score (nSPS) is 10.4. The van der Waals surface area contributed by atoms with Crippen LogP contribution in [0.3, 0.4) is 0 Å². The topological polar surface area (TPSA) is 17.8 Å². The highest BCUT2D eigenvalue weighted by molar-refractivity contribution is 5.27. The summed E-state index contributed by atoms with van der Waals surface area (Å²) in [5, 5.41) is 4.04. The number of aryl methyl sites for hydroxylation is 1. The van der Waals surface area contributed by atoms with Crippen LogP contribution < -0.4 is 0 Å². The molecule has 0 unspecified atom stereocenters. The lowest BCUT2D eigenvalue weighted by atomic mass is 10.1. The predicted octanol–water partition coefficient (Wildman–Crippen LogP) is 2.38. The molecule has 0 aliphatic carbocycles. The van der Waals surface area contributed by atoms with Gasteiger partial charge in [-0.25, -0.2) is 4.39 Å². The summed E-state index contributed by atoms with van der Waals surface area (Å²) in [6.07, 6.45) is 3.52. The molecule has 0 atom stereocenters. The van der Waals surface area contributed by atoms with Crippen molar-refractivity contribution in [3.63, 3.8) is 0 Å². The second-order valence-electron chi connectivity index (χ2n) is 3.24. The Hall–Kier alpha value is -1.64. The van der Waals surface area contributed by atoms with Crippen LogP contribution in [-0.4, -0.2) is 9.78 Å². The van der Waals surface area contributed by atoms with Gasteiger partial charge in [0.1, 0.15) is 5.82 Å². The summed E-state index contributed by atoms with van der Waals surface area (Å²) in [6, 6.07) is 6.93. The van der Waals surface area contributed by atoms with Crippen molar-refractivity contribution in [2.24, 2.45) is 0 Å². The minimum absolute atomic E-state index is 0.166. The van der Waals surface area contributed by atoms with Crippen LogP contribution in [0.1, 0.15) is 11.1 Å². The fraction of sp³-hybridized carbons (Fsp3) is 0.182. The molecule has 72 valence electrons. The Kier molecular flexibility index (Phi) is 2.31. The highest BCUT2D eigenvalue weighted by atomic mass is 19.1. The molecule has 1 aromatic heterocycles. The van der Waals surface area contributed by atoms with Crippen LogP contribution in [0.5, 0.6) is 0 Å². The Morgan fingerprint density at radius 1 is 1.36 bits per heavy atom. The molecule has 3 heteroatoms. The molecule has 0 fully saturated rings. The maximum Gasteiger partial charge on any atom is 0.128 e. The van der Waals surface area contributed by atoms with Gasteiger partial charge in [-0.1, -0.05) is 12.1 Å². The van der Waals surface area contributed by atoms with E-state index in [4.69, 9.17) is 0 Å². The largest absolute Gasteiger partial charge is 0.268 e. The number of benzene rings is 1. The highest BCUT2D eigenvalue weighted by Gasteiger charge is 2.05. The first-order valence-electron chi connectivity index (χ1n) is 4.49. The van der Waals surface area contributed by atoms with Gasteiger partial charge < -0.3 is 0 Å². The van der Waals surface area contributed by atoms with E-state index in [1.165, 1.54) is 6.07 Å². The minimum Gasteiger partial charge on any atom is -0.268 e. The van der Waals surface area contributed by atoms with E-state index in [2.05, 4.69) is 5.10 Å². The molecule has 2 nitrogen and oxygen atoms in total. The SMILES string of the molecule is Cc1cccc(F)c1Cn1cccn1. The molecule has 14 heavy (non-hydrogen) atoms. The average molecular weight is 190 g/mol. The van der Waals surface area contributed by atoms with Gasteiger partial charge in [0, 0.05) is 18.0 Å². The van der Waals surface area contributed by atoms with Crippen LogP contribution in [0.15, 0.2) is 36.7 Å². The molecular weight excluding hydrogens is 179 g/mol. The van der Waals surface area contributed by atoms with Gasteiger partial charge in [-0.05, 0) is 24.6 Å². The number of aromatic nitrogens is 2. The summed E-state index contributed by atoms with van der Waals surface area (Å²) in [5.74, 6) is -0.166. The van der Waals surface area contributed by atoms with Crippen LogP contribution in [0.4, 0.5) is 4.39 Å². The summed E-state index contributed by atoms with van der Waals surface area (Å²) < 4.78 is 15.1. The zero-order valence-electron chi connectivity index (χ0n) is 7.94. The van der Waals surface area contributed by atoms with Crippen molar-refractivity contribution in [1.29, 1.82) is 0 Å². The first-order valence-corrected chi connectivity index (χ1v) is 4.49. The third-order valence-corrected chi connectivity index (χ3v) is 2.23. The Labute approximate surface area is 82.0 Å². The van der Waals surface area contributed by atoms with E-state index in [-0.39, 0.29) is 5.82 Å². The van der Waals surface area contributed by atoms with E-state index in [1.54, 1.807) is 16.9 Å². The summed E-state index contributed by atoms with van der Waals surface area (Å²) in [6.45, 7) is 2.40. The molecule has 0 aliphatic heterocycles. The summed E-state index contributed by atoms with van der Waals surface area (Å²) in [5.41, 5.74) is 1.66. The smallest absolute Gasteiger partial charge is 0.128 e. The Morgan fingerprint density at radius 3 is 2.86 bits per heavy atom. The lowest BCUT2D eigenvalue weighted by Gasteiger charge is -2.06. The molecule has 0 amide bonds. The molecule has 0 N–H and O–H groups in total. The number of halogens is 1. The third-order valence-electron chi connectivity index (χ3n) is 2.23. The third kappa shape index (κ3) is 1.66. The summed E-state index contributed by atoms with van der Waals surface area (Å²) >= 11 is 0. The van der Waals surface area contributed by atoms with Crippen LogP contribution in [0.2, 0.25) is 0 Å². The fourth-order valence-corrected chi connectivity index (χ4v) is 1.42. The molecule has 0 spiro atoms. The van der Waals surface area contributed by atoms with Gasteiger partial charge in [-0.15, -0.1) is 0 Å². The van der Waals surface area contributed by atoms with Crippen molar-refractivity contribution in [2.45, 2.75) is 13.5 Å². The number of hydrogen-bond acceptors (Lipinski definition) is 1. The quantitative estimate of drug-likeness (QED) is 0.711. The lowest BCUT2D eigenvalue weighted by Crippen LogP contribution is -2.04. The molecule has 2 rings (SSSR count). The van der Waals surface area contributed by atoms with Crippen LogP contribution >= 0.6 is 0 Å². The average Bonchev–Trinajstić information content (AvgIpc) is 2.64. The van der Waals surface area contributed by atoms with Gasteiger partial charge in [0.05, 0.1) is 6.54 Å². The van der Waals surface area contributed by atoms with E-state index < -0.39 is 0 Å². The van der Waals surface area contributed by atoms with Crippen LogP contribution in [0, 0.1) is 12.7 Å². The summed E-state index contributed by atoms with van der Waals surface area (Å²) in [4.78, 5) is 0. The Morgan fingerprint density at radius 2 is 2.21 bits per heavy atom. The molecule has 1 aromatic carbocycles. The maximum atomic E-state index is 13.4. The van der Waals surface area contributed by atoms with Gasteiger partial charge in [0.2, 0.25) is 0 Å². The van der Waals surface area contributed by atoms with Crippen molar-refractivity contribution in [1.82, 2.24) is 9.78 Å².